The van der Waals surface area contributed by atoms with Gasteiger partial charge in [0.15, 0.2) is 5.82 Å². The lowest BCUT2D eigenvalue weighted by Gasteiger charge is -2.13. The molecule has 40 heavy (non-hydrogen) atoms. The molecule has 0 spiro atoms. The van der Waals surface area contributed by atoms with Crippen LogP contribution in [0.4, 0.5) is 17.2 Å². The van der Waals surface area contributed by atoms with E-state index in [0.29, 0.717) is 40.4 Å². The molecule has 3 N–H and O–H groups in total. The fourth-order valence-electron chi connectivity index (χ4n) is 4.45. The Kier molecular flexibility index (Phi) is 7.56. The molecule has 1 atom stereocenters. The Bertz CT molecular complexity index is 1680. The third-order valence-corrected chi connectivity index (χ3v) is 6.49. The van der Waals surface area contributed by atoms with Gasteiger partial charge in [0.1, 0.15) is 11.8 Å². The predicted molar refractivity (Wildman–Crippen MR) is 153 cm³/mol. The molecule has 5 aromatic rings. The van der Waals surface area contributed by atoms with Crippen LogP contribution in [0.15, 0.2) is 73.4 Å². The van der Waals surface area contributed by atoms with Gasteiger partial charge >= 0.3 is 0 Å². The average Bonchev–Trinajstić information content (AvgIpc) is 3.59. The number of carbonyl (C=O) groups excluding carboxylic acids is 2. The lowest BCUT2D eigenvalue weighted by atomic mass is 10.1. The van der Waals surface area contributed by atoms with Crippen LogP contribution in [0.2, 0.25) is 0 Å². The average molecular weight is 539 g/mol. The van der Waals surface area contributed by atoms with Gasteiger partial charge in [-0.1, -0.05) is 12.1 Å². The van der Waals surface area contributed by atoms with E-state index in [0.717, 1.165) is 16.8 Å². The number of aryl methyl sites for hydroxylation is 2. The zero-order valence-corrected chi connectivity index (χ0v) is 22.7. The topological polar surface area (TPSA) is 127 Å². The minimum absolute atomic E-state index is 0.145. The maximum Gasteiger partial charge on any atom is 0.255 e. The fourth-order valence-corrected chi connectivity index (χ4v) is 4.45. The number of carbonyl (C=O) groups is 2. The van der Waals surface area contributed by atoms with Crippen LogP contribution in [0.5, 0.6) is 0 Å². The normalized spacial score (nSPS) is 11.8. The molecule has 5 rings (SSSR count). The van der Waals surface area contributed by atoms with E-state index in [1.54, 1.807) is 40.8 Å². The summed E-state index contributed by atoms with van der Waals surface area (Å²) in [6, 6.07) is 14.6. The smallest absolute Gasteiger partial charge is 0.255 e. The Labute approximate surface area is 231 Å². The molecule has 0 unspecified atom stereocenters. The Morgan fingerprint density at radius 1 is 1.05 bits per heavy atom. The van der Waals surface area contributed by atoms with Crippen molar-refractivity contribution >= 4 is 34.5 Å². The van der Waals surface area contributed by atoms with Gasteiger partial charge < -0.3 is 20.7 Å². The number of ether oxygens (including phenoxy) is 1. The van der Waals surface area contributed by atoms with Gasteiger partial charge in [0.2, 0.25) is 0 Å². The van der Waals surface area contributed by atoms with Gasteiger partial charge in [-0.3, -0.25) is 9.59 Å². The van der Waals surface area contributed by atoms with Gasteiger partial charge in [0.25, 0.3) is 11.8 Å². The fraction of sp³-hybridized carbons (Fsp3) is 0.207. The number of benzene rings is 2. The number of aromatic nitrogens is 5. The molecule has 2 amide bonds. The minimum atomic E-state index is -0.253. The first-order chi connectivity index (χ1) is 19.3. The molecule has 11 nitrogen and oxygen atoms in total. The lowest BCUT2D eigenvalue weighted by molar-refractivity contribution is 0.0904. The van der Waals surface area contributed by atoms with Crippen LogP contribution in [-0.4, -0.2) is 56.0 Å². The molecule has 0 radical (unpaired) electrons. The number of methoxy groups -OCH3 is 1. The summed E-state index contributed by atoms with van der Waals surface area (Å²) in [6.07, 6.45) is 6.64. The first-order valence-corrected chi connectivity index (χ1v) is 12.8. The highest BCUT2D eigenvalue weighted by atomic mass is 16.5. The number of hydrogen-bond donors (Lipinski definition) is 3. The highest BCUT2D eigenvalue weighted by molar-refractivity contribution is 6.05. The molecular weight excluding hydrogens is 508 g/mol. The Morgan fingerprint density at radius 3 is 2.67 bits per heavy atom. The second kappa shape index (κ2) is 11.4. The maximum absolute atomic E-state index is 13.2. The quantitative estimate of drug-likeness (QED) is 0.255. The van der Waals surface area contributed by atoms with Gasteiger partial charge in [-0.25, -0.2) is 14.2 Å². The van der Waals surface area contributed by atoms with Crippen molar-refractivity contribution in [2.45, 2.75) is 26.8 Å². The number of nitrogens with zero attached hydrogens (tertiary/aromatic N) is 5. The zero-order valence-electron chi connectivity index (χ0n) is 22.7. The number of amides is 2. The van der Waals surface area contributed by atoms with E-state index in [1.165, 1.54) is 6.33 Å². The second-order valence-electron chi connectivity index (χ2n) is 9.51. The molecule has 0 fully saturated rings. The minimum Gasteiger partial charge on any atom is -0.383 e. The summed E-state index contributed by atoms with van der Waals surface area (Å²) >= 11 is 0. The molecule has 0 aliphatic rings. The van der Waals surface area contributed by atoms with Gasteiger partial charge in [-0.15, -0.1) is 0 Å². The standard InChI is InChI=1S/C29H30N8O3/c1-18-9-10-21(28(38)34-22-7-5-8-23(14-22)36-12-6-11-31-36)13-25(18)35-27-26-20(3)24(15-37(26)32-17-30-27)29(39)33-19(2)16-40-4/h5-15,17,19H,16H2,1-4H3,(H,33,39)(H,34,38)(H,30,32,35)/t19-/m0/s1. The number of rotatable bonds is 9. The van der Waals surface area contributed by atoms with E-state index < -0.39 is 0 Å². The Hall–Kier alpha value is -5.03. The molecule has 0 bridgehead atoms. The zero-order chi connectivity index (χ0) is 28.2. The van der Waals surface area contributed by atoms with Crippen molar-refractivity contribution in [2.75, 3.05) is 24.4 Å². The van der Waals surface area contributed by atoms with Crippen molar-refractivity contribution in [3.05, 3.63) is 95.7 Å². The van der Waals surface area contributed by atoms with Gasteiger partial charge in [0.05, 0.1) is 17.9 Å². The summed E-state index contributed by atoms with van der Waals surface area (Å²) in [5.74, 6) is 0.0468. The molecule has 3 heterocycles. The molecule has 0 saturated carbocycles. The van der Waals surface area contributed by atoms with Crippen LogP contribution in [0.1, 0.15) is 38.8 Å². The molecule has 0 aliphatic carbocycles. The van der Waals surface area contributed by atoms with E-state index in [4.69, 9.17) is 4.74 Å². The Balaban J connectivity index is 1.39. The van der Waals surface area contributed by atoms with Crippen molar-refractivity contribution < 1.29 is 14.3 Å². The van der Waals surface area contributed by atoms with Crippen LogP contribution in [0, 0.1) is 13.8 Å². The maximum atomic E-state index is 13.2. The predicted octanol–water partition coefficient (Wildman–Crippen LogP) is 4.29. The van der Waals surface area contributed by atoms with E-state index in [1.807, 2.05) is 63.4 Å². The molecular formula is C29H30N8O3. The second-order valence-corrected chi connectivity index (χ2v) is 9.51. The van der Waals surface area contributed by atoms with Crippen molar-refractivity contribution in [1.29, 1.82) is 0 Å². The van der Waals surface area contributed by atoms with E-state index in [9.17, 15) is 9.59 Å². The van der Waals surface area contributed by atoms with Gasteiger partial charge in [-0.2, -0.15) is 10.2 Å². The third kappa shape index (κ3) is 5.54. The van der Waals surface area contributed by atoms with E-state index in [-0.39, 0.29) is 17.9 Å². The van der Waals surface area contributed by atoms with Gasteiger partial charge in [0, 0.05) is 48.7 Å². The summed E-state index contributed by atoms with van der Waals surface area (Å²) in [5.41, 5.74) is 5.48. The molecule has 11 heteroatoms. The molecule has 204 valence electrons. The largest absolute Gasteiger partial charge is 0.383 e. The summed E-state index contributed by atoms with van der Waals surface area (Å²) in [4.78, 5) is 30.5. The number of nitrogens with one attached hydrogen (secondary N) is 3. The third-order valence-electron chi connectivity index (χ3n) is 6.49. The number of anilines is 3. The highest BCUT2D eigenvalue weighted by Gasteiger charge is 2.20. The lowest BCUT2D eigenvalue weighted by Crippen LogP contribution is -2.35. The first-order valence-electron chi connectivity index (χ1n) is 12.8. The number of fused-ring (bicyclic) bond motifs is 1. The van der Waals surface area contributed by atoms with Crippen molar-refractivity contribution in [1.82, 2.24) is 29.7 Å². The van der Waals surface area contributed by atoms with Crippen molar-refractivity contribution in [2.24, 2.45) is 0 Å². The Morgan fingerprint density at radius 2 is 1.90 bits per heavy atom. The molecule has 0 saturated heterocycles. The van der Waals surface area contributed by atoms with E-state index in [2.05, 4.69) is 31.1 Å². The first kappa shape index (κ1) is 26.6. The molecule has 2 aromatic carbocycles. The number of hydrogen-bond acceptors (Lipinski definition) is 7. The molecule has 0 aliphatic heterocycles. The molecule has 3 aromatic heterocycles. The SMILES string of the molecule is COC[C@H](C)NC(=O)c1cn2ncnc(Nc3cc(C(=O)Nc4cccc(-n5cccn5)c4)ccc3C)c2c1C. The summed E-state index contributed by atoms with van der Waals surface area (Å²) in [5, 5.41) is 17.8. The summed E-state index contributed by atoms with van der Waals surface area (Å²) < 4.78 is 8.47. The van der Waals surface area contributed by atoms with Crippen molar-refractivity contribution in [3.63, 3.8) is 0 Å². The van der Waals surface area contributed by atoms with Crippen LogP contribution >= 0.6 is 0 Å². The van der Waals surface area contributed by atoms with Gasteiger partial charge in [-0.05, 0) is 68.3 Å². The van der Waals surface area contributed by atoms with Crippen LogP contribution in [0.25, 0.3) is 11.2 Å². The van der Waals surface area contributed by atoms with Crippen LogP contribution in [0.3, 0.4) is 0 Å². The van der Waals surface area contributed by atoms with Crippen LogP contribution in [-0.2, 0) is 4.74 Å². The summed E-state index contributed by atoms with van der Waals surface area (Å²) in [7, 11) is 1.59. The highest BCUT2D eigenvalue weighted by Crippen LogP contribution is 2.28. The monoisotopic (exact) mass is 538 g/mol. The van der Waals surface area contributed by atoms with Crippen molar-refractivity contribution in [3.8, 4) is 5.69 Å². The summed E-state index contributed by atoms with van der Waals surface area (Å²) in [6.45, 7) is 6.08. The van der Waals surface area contributed by atoms with Crippen LogP contribution < -0.4 is 16.0 Å². The van der Waals surface area contributed by atoms with E-state index >= 15 is 0 Å².